The maximum Gasteiger partial charge on any atom is 0.261 e. The number of aryl methyl sites for hydroxylation is 1. The first-order valence-electron chi connectivity index (χ1n) is 13.9. The van der Waals surface area contributed by atoms with E-state index in [9.17, 15) is 18.8 Å². The minimum atomic E-state index is -3.67. The molecule has 214 valence electrons. The number of aliphatic hydroxyl groups is 1. The van der Waals surface area contributed by atoms with E-state index in [1.165, 1.54) is 18.4 Å². The van der Waals surface area contributed by atoms with Crippen LogP contribution in [0.15, 0.2) is 48.7 Å². The maximum atomic E-state index is 10.0. The molecule has 0 saturated heterocycles. The fourth-order valence-electron chi connectivity index (χ4n) is 5.41. The number of fused-ring (bicyclic) bond motifs is 1. The Morgan fingerprint density at radius 2 is 1.80 bits per heavy atom. The number of anilines is 2. The van der Waals surface area contributed by atoms with E-state index in [1.54, 1.807) is 18.3 Å². The third kappa shape index (κ3) is 7.08. The first kappa shape index (κ1) is 28.7. The van der Waals surface area contributed by atoms with Crippen LogP contribution in [-0.2, 0) is 16.5 Å². The summed E-state index contributed by atoms with van der Waals surface area (Å²) in [4.78, 5) is 14.2. The number of nitriles is 1. The highest BCUT2D eigenvalue weighted by Gasteiger charge is 2.26. The van der Waals surface area contributed by atoms with Gasteiger partial charge in [0.25, 0.3) is 10.1 Å². The summed E-state index contributed by atoms with van der Waals surface area (Å²) in [5, 5.41) is 22.8. The number of hydrogen-bond donors (Lipinski definition) is 3. The van der Waals surface area contributed by atoms with Crippen molar-refractivity contribution in [2.45, 2.75) is 69.9 Å². The lowest BCUT2D eigenvalue weighted by molar-refractivity contribution is 0.111. The zero-order valence-electron chi connectivity index (χ0n) is 23.2. The van der Waals surface area contributed by atoms with E-state index in [0.29, 0.717) is 35.4 Å². The summed E-state index contributed by atoms with van der Waals surface area (Å²) in [5.74, 6) is 2.88. The standard InChI is InChI=1S/C29H30N6O.CH4O3S/c1-2-28-33-24-12-7-19(15-26(24)35(28)22-8-10-23(36)11-9-22)25-14-21(18-5-6-18)16-27(32-25)34-29-20(17-30)4-3-13-31-29;1-5(2,3)4/h3-4,7,12-16,18,22-23,36H,2,5-6,8-11H2,1H3,(H,31,32,34);1H3,(H,2,3,4). The van der Waals surface area contributed by atoms with Crippen molar-refractivity contribution < 1.29 is 18.1 Å². The zero-order chi connectivity index (χ0) is 29.1. The second-order valence-electron chi connectivity index (χ2n) is 10.7. The molecule has 2 aliphatic rings. The Morgan fingerprint density at radius 3 is 2.46 bits per heavy atom. The van der Waals surface area contributed by atoms with Crippen LogP contribution >= 0.6 is 0 Å². The molecule has 0 unspecified atom stereocenters. The van der Waals surface area contributed by atoms with E-state index in [2.05, 4.69) is 58.2 Å². The van der Waals surface area contributed by atoms with Crippen molar-refractivity contribution in [2.75, 3.05) is 11.6 Å². The normalized spacial score (nSPS) is 18.8. The summed E-state index contributed by atoms with van der Waals surface area (Å²) in [7, 11) is -3.67. The van der Waals surface area contributed by atoms with Crippen molar-refractivity contribution in [3.8, 4) is 17.3 Å². The number of nitrogens with zero attached hydrogens (tertiary/aromatic N) is 5. The van der Waals surface area contributed by atoms with Gasteiger partial charge in [-0.2, -0.15) is 13.7 Å². The van der Waals surface area contributed by atoms with Gasteiger partial charge in [-0.05, 0) is 86.4 Å². The number of benzene rings is 1. The van der Waals surface area contributed by atoms with Crippen molar-refractivity contribution >= 4 is 32.8 Å². The van der Waals surface area contributed by atoms with Crippen molar-refractivity contribution in [3.63, 3.8) is 0 Å². The zero-order valence-corrected chi connectivity index (χ0v) is 24.0. The van der Waals surface area contributed by atoms with Gasteiger partial charge in [-0.3, -0.25) is 4.55 Å². The molecule has 0 aliphatic heterocycles. The van der Waals surface area contributed by atoms with Crippen LogP contribution in [-0.4, -0.2) is 50.0 Å². The number of nitrogens with one attached hydrogen (secondary N) is 1. The molecule has 0 atom stereocenters. The topological polar surface area (TPSA) is 154 Å². The molecular formula is C30H34N6O4S. The van der Waals surface area contributed by atoms with Crippen LogP contribution < -0.4 is 5.32 Å². The van der Waals surface area contributed by atoms with Crippen LogP contribution in [0.5, 0.6) is 0 Å². The molecule has 0 bridgehead atoms. The number of pyridine rings is 2. The Bertz CT molecular complexity index is 1690. The van der Waals surface area contributed by atoms with Gasteiger partial charge in [0.2, 0.25) is 0 Å². The molecular weight excluding hydrogens is 540 g/mol. The second-order valence-corrected chi connectivity index (χ2v) is 12.2. The highest BCUT2D eigenvalue weighted by molar-refractivity contribution is 7.85. The summed E-state index contributed by atoms with van der Waals surface area (Å²) >= 11 is 0. The largest absolute Gasteiger partial charge is 0.393 e. The van der Waals surface area contributed by atoms with Crippen LogP contribution in [0.3, 0.4) is 0 Å². The molecule has 0 amide bonds. The Labute approximate surface area is 239 Å². The van der Waals surface area contributed by atoms with Crippen LogP contribution in [0, 0.1) is 11.3 Å². The Balaban J connectivity index is 0.000000623. The predicted molar refractivity (Wildman–Crippen MR) is 158 cm³/mol. The van der Waals surface area contributed by atoms with Gasteiger partial charge in [0.05, 0.1) is 34.7 Å². The van der Waals surface area contributed by atoms with E-state index in [-0.39, 0.29) is 6.10 Å². The molecule has 0 spiro atoms. The van der Waals surface area contributed by atoms with Gasteiger partial charge < -0.3 is 15.0 Å². The summed E-state index contributed by atoms with van der Waals surface area (Å²) in [6.07, 6.45) is 9.08. The summed E-state index contributed by atoms with van der Waals surface area (Å²) < 4.78 is 28.3. The Hall–Kier alpha value is -3.85. The quantitative estimate of drug-likeness (QED) is 0.252. The molecule has 41 heavy (non-hydrogen) atoms. The summed E-state index contributed by atoms with van der Waals surface area (Å²) in [6.45, 7) is 2.15. The molecule has 0 radical (unpaired) electrons. The lowest BCUT2D eigenvalue weighted by Gasteiger charge is -2.28. The molecule has 4 aromatic rings. The number of aromatic nitrogens is 4. The number of imidazole rings is 1. The van der Waals surface area contributed by atoms with Crippen molar-refractivity contribution in [2.24, 2.45) is 0 Å². The highest BCUT2D eigenvalue weighted by Crippen LogP contribution is 2.42. The highest BCUT2D eigenvalue weighted by atomic mass is 32.2. The molecule has 1 aromatic carbocycles. The molecule has 6 rings (SSSR count). The molecule has 10 nitrogen and oxygen atoms in total. The first-order chi connectivity index (χ1) is 19.6. The molecule has 11 heteroatoms. The van der Waals surface area contributed by atoms with Crippen LogP contribution in [0.25, 0.3) is 22.3 Å². The number of hydrogen-bond acceptors (Lipinski definition) is 8. The van der Waals surface area contributed by atoms with E-state index in [1.807, 2.05) is 0 Å². The third-order valence-corrected chi connectivity index (χ3v) is 7.48. The molecule has 2 saturated carbocycles. The molecule has 3 heterocycles. The van der Waals surface area contributed by atoms with Crippen LogP contribution in [0.2, 0.25) is 0 Å². The van der Waals surface area contributed by atoms with Gasteiger partial charge in [-0.1, -0.05) is 13.0 Å². The van der Waals surface area contributed by atoms with Crippen LogP contribution in [0.4, 0.5) is 11.6 Å². The lowest BCUT2D eigenvalue weighted by atomic mass is 9.92. The van der Waals surface area contributed by atoms with Gasteiger partial charge in [0, 0.05) is 24.2 Å². The minimum Gasteiger partial charge on any atom is -0.393 e. The fraction of sp³-hybridized carbons (Fsp3) is 0.400. The first-order valence-corrected chi connectivity index (χ1v) is 15.7. The molecule has 2 fully saturated rings. The predicted octanol–water partition coefficient (Wildman–Crippen LogP) is 5.53. The van der Waals surface area contributed by atoms with Gasteiger partial charge in [-0.25, -0.2) is 15.0 Å². The number of rotatable bonds is 6. The van der Waals surface area contributed by atoms with E-state index >= 15 is 0 Å². The summed E-state index contributed by atoms with van der Waals surface area (Å²) in [5.41, 5.74) is 5.85. The van der Waals surface area contributed by atoms with Gasteiger partial charge >= 0.3 is 0 Å². The van der Waals surface area contributed by atoms with E-state index in [4.69, 9.17) is 14.5 Å². The molecule has 2 aliphatic carbocycles. The minimum absolute atomic E-state index is 0.183. The van der Waals surface area contributed by atoms with Gasteiger partial charge in [0.15, 0.2) is 0 Å². The maximum absolute atomic E-state index is 10.0. The average Bonchev–Trinajstić information content (AvgIpc) is 3.73. The third-order valence-electron chi connectivity index (χ3n) is 7.48. The SMILES string of the molecule is CCc1nc2ccc(-c3cc(C4CC4)cc(Nc4ncccc4C#N)n3)cc2n1C1CCC(O)CC1.CS(=O)(=O)O. The van der Waals surface area contributed by atoms with Crippen molar-refractivity contribution in [1.29, 1.82) is 5.26 Å². The van der Waals surface area contributed by atoms with E-state index < -0.39 is 10.1 Å². The number of aliphatic hydroxyl groups excluding tert-OH is 1. The van der Waals surface area contributed by atoms with Gasteiger partial charge in [0.1, 0.15) is 23.5 Å². The smallest absolute Gasteiger partial charge is 0.261 e. The Kier molecular flexibility index (Phi) is 8.35. The van der Waals surface area contributed by atoms with Crippen molar-refractivity contribution in [3.05, 3.63) is 65.6 Å². The molecule has 3 aromatic heterocycles. The Morgan fingerprint density at radius 1 is 1.07 bits per heavy atom. The van der Waals surface area contributed by atoms with Gasteiger partial charge in [-0.15, -0.1) is 0 Å². The van der Waals surface area contributed by atoms with Crippen LogP contribution in [0.1, 0.15) is 74.4 Å². The average molecular weight is 575 g/mol. The van der Waals surface area contributed by atoms with Crippen molar-refractivity contribution in [1.82, 2.24) is 19.5 Å². The summed E-state index contributed by atoms with van der Waals surface area (Å²) in [6, 6.07) is 16.8. The fourth-order valence-corrected chi connectivity index (χ4v) is 5.41. The second kappa shape index (κ2) is 11.9. The van der Waals surface area contributed by atoms with E-state index in [0.717, 1.165) is 60.2 Å². The monoisotopic (exact) mass is 574 g/mol. The molecule has 3 N–H and O–H groups in total. The lowest BCUT2D eigenvalue weighted by Crippen LogP contribution is -2.22.